The first-order valence-corrected chi connectivity index (χ1v) is 6.45. The van der Waals surface area contributed by atoms with Gasteiger partial charge in [-0.1, -0.05) is 0 Å². The van der Waals surface area contributed by atoms with E-state index in [9.17, 15) is 24.0 Å². The number of Topliss-reactive ketones (excluding diaryl/α,β-unsaturated/α-hetero) is 1. The lowest BCUT2D eigenvalue weighted by Gasteiger charge is -2.22. The monoisotopic (exact) mass is 325 g/mol. The first kappa shape index (κ1) is 18.1. The number of nitrogens with zero attached hydrogens (tertiary/aromatic N) is 1. The highest BCUT2D eigenvalue weighted by Gasteiger charge is 2.40. The van der Waals surface area contributed by atoms with Crippen LogP contribution in [0.5, 0.6) is 0 Å². The summed E-state index contributed by atoms with van der Waals surface area (Å²) in [7, 11) is 0. The van der Waals surface area contributed by atoms with Crippen molar-refractivity contribution in [2.24, 2.45) is 0 Å². The summed E-state index contributed by atoms with van der Waals surface area (Å²) in [6.07, 6.45) is -2.76. The number of ether oxygens (including phenoxy) is 2. The largest absolute Gasteiger partial charge is 0.478 e. The van der Waals surface area contributed by atoms with E-state index < -0.39 is 41.8 Å². The van der Waals surface area contributed by atoms with Gasteiger partial charge in [-0.15, -0.1) is 0 Å². The van der Waals surface area contributed by atoms with Gasteiger partial charge in [0.1, 0.15) is 0 Å². The van der Waals surface area contributed by atoms with Crippen molar-refractivity contribution in [3.63, 3.8) is 0 Å². The van der Waals surface area contributed by atoms with Crippen molar-refractivity contribution in [3.05, 3.63) is 24.0 Å². The Kier molecular flexibility index (Phi) is 5.77. The summed E-state index contributed by atoms with van der Waals surface area (Å²) in [5, 5.41) is 9.13. The number of carboxylic acid groups (broad SMARTS) is 1. The van der Waals surface area contributed by atoms with E-state index in [1.165, 1.54) is 25.3 Å². The van der Waals surface area contributed by atoms with Crippen LogP contribution >= 0.6 is 0 Å². The third-order valence-corrected chi connectivity index (χ3v) is 2.69. The zero-order chi connectivity index (χ0) is 17.7. The van der Waals surface area contributed by atoms with Crippen LogP contribution in [0, 0.1) is 0 Å². The summed E-state index contributed by atoms with van der Waals surface area (Å²) in [5.41, 5.74) is -0.0286. The number of carbonyl (C=O) groups excluding carboxylic acids is 4. The Hall–Kier alpha value is -2.97. The van der Waals surface area contributed by atoms with Crippen LogP contribution in [-0.4, -0.2) is 51.5 Å². The SMILES string of the molecule is CC(=O)OC(C(=O)O)C(OC(C)=O)C(=O)n1cccc1C(C)=O. The molecule has 0 aliphatic rings. The van der Waals surface area contributed by atoms with Crippen LogP contribution in [0.1, 0.15) is 36.1 Å². The van der Waals surface area contributed by atoms with Gasteiger partial charge >= 0.3 is 17.9 Å². The minimum atomic E-state index is -2.04. The molecule has 0 amide bonds. The van der Waals surface area contributed by atoms with Crippen molar-refractivity contribution in [3.8, 4) is 0 Å². The van der Waals surface area contributed by atoms with Crippen LogP contribution in [0.3, 0.4) is 0 Å². The molecule has 0 spiro atoms. The van der Waals surface area contributed by atoms with Crippen molar-refractivity contribution in [1.82, 2.24) is 4.57 Å². The molecule has 1 N–H and O–H groups in total. The maximum Gasteiger partial charge on any atom is 0.349 e. The molecule has 124 valence electrons. The molecule has 1 aromatic heterocycles. The Labute approximate surface area is 130 Å². The minimum Gasteiger partial charge on any atom is -0.478 e. The lowest BCUT2D eigenvalue weighted by Crippen LogP contribution is -2.47. The molecule has 2 atom stereocenters. The highest BCUT2D eigenvalue weighted by Crippen LogP contribution is 2.13. The molecule has 2 unspecified atom stereocenters. The van der Waals surface area contributed by atoms with Crippen molar-refractivity contribution in [2.75, 3.05) is 0 Å². The Bertz CT molecular complexity index is 659. The Morgan fingerprint density at radius 3 is 1.96 bits per heavy atom. The smallest absolute Gasteiger partial charge is 0.349 e. The molecule has 9 nitrogen and oxygen atoms in total. The molecule has 0 saturated heterocycles. The highest BCUT2D eigenvalue weighted by atomic mass is 16.6. The lowest BCUT2D eigenvalue weighted by atomic mass is 10.1. The number of carbonyl (C=O) groups is 5. The minimum absolute atomic E-state index is 0.0286. The van der Waals surface area contributed by atoms with Crippen molar-refractivity contribution >= 4 is 29.6 Å². The topological polar surface area (TPSA) is 129 Å². The van der Waals surface area contributed by atoms with E-state index in [4.69, 9.17) is 9.84 Å². The molecule has 0 fully saturated rings. The van der Waals surface area contributed by atoms with E-state index in [1.54, 1.807) is 0 Å². The van der Waals surface area contributed by atoms with Crippen molar-refractivity contribution in [2.45, 2.75) is 33.0 Å². The molecular formula is C14H15NO8. The number of ketones is 1. The van der Waals surface area contributed by atoms with Crippen LogP contribution in [0.15, 0.2) is 18.3 Å². The third-order valence-electron chi connectivity index (χ3n) is 2.69. The van der Waals surface area contributed by atoms with E-state index >= 15 is 0 Å². The highest BCUT2D eigenvalue weighted by molar-refractivity contribution is 6.00. The average molecular weight is 325 g/mol. The van der Waals surface area contributed by atoms with Crippen LogP contribution in [0.25, 0.3) is 0 Å². The molecule has 0 aliphatic carbocycles. The van der Waals surface area contributed by atoms with Gasteiger partial charge in [-0.05, 0) is 12.1 Å². The van der Waals surface area contributed by atoms with Gasteiger partial charge in [0, 0.05) is 27.0 Å². The molecule has 9 heteroatoms. The average Bonchev–Trinajstić information content (AvgIpc) is 2.90. The summed E-state index contributed by atoms with van der Waals surface area (Å²) in [4.78, 5) is 57.4. The number of aliphatic carboxylic acids is 1. The van der Waals surface area contributed by atoms with E-state index in [-0.39, 0.29) is 5.69 Å². The number of rotatable bonds is 6. The zero-order valence-corrected chi connectivity index (χ0v) is 12.6. The predicted molar refractivity (Wildman–Crippen MR) is 73.8 cm³/mol. The van der Waals surface area contributed by atoms with Gasteiger partial charge < -0.3 is 14.6 Å². The molecular weight excluding hydrogens is 310 g/mol. The number of carboxylic acids is 1. The maximum atomic E-state index is 12.5. The number of hydrogen-bond acceptors (Lipinski definition) is 7. The van der Waals surface area contributed by atoms with Gasteiger partial charge in [0.25, 0.3) is 5.91 Å². The first-order valence-electron chi connectivity index (χ1n) is 6.45. The summed E-state index contributed by atoms with van der Waals surface area (Å²) < 4.78 is 10.1. The fourth-order valence-electron chi connectivity index (χ4n) is 1.84. The maximum absolute atomic E-state index is 12.5. The van der Waals surface area contributed by atoms with Gasteiger partial charge in [0.2, 0.25) is 12.2 Å². The molecule has 0 saturated carbocycles. The second-order valence-corrected chi connectivity index (χ2v) is 4.56. The fraction of sp³-hybridized carbons (Fsp3) is 0.357. The molecule has 0 aliphatic heterocycles. The normalized spacial score (nSPS) is 12.8. The number of esters is 2. The second-order valence-electron chi connectivity index (χ2n) is 4.56. The molecule has 1 aromatic rings. The van der Waals surface area contributed by atoms with Crippen LogP contribution in [0.4, 0.5) is 0 Å². The Balaban J connectivity index is 3.28. The van der Waals surface area contributed by atoms with E-state index in [1.807, 2.05) is 0 Å². The molecule has 0 bridgehead atoms. The van der Waals surface area contributed by atoms with Crippen LogP contribution in [-0.2, 0) is 23.9 Å². The van der Waals surface area contributed by atoms with E-state index in [0.717, 1.165) is 18.4 Å². The predicted octanol–water partition coefficient (Wildman–Crippen LogP) is 0.279. The van der Waals surface area contributed by atoms with Crippen LogP contribution < -0.4 is 0 Å². The van der Waals surface area contributed by atoms with Crippen molar-refractivity contribution in [1.29, 1.82) is 0 Å². The quantitative estimate of drug-likeness (QED) is 0.583. The lowest BCUT2D eigenvalue weighted by molar-refractivity contribution is -0.174. The molecule has 0 aromatic carbocycles. The van der Waals surface area contributed by atoms with Crippen LogP contribution in [0.2, 0.25) is 0 Å². The van der Waals surface area contributed by atoms with E-state index in [2.05, 4.69) is 4.74 Å². The third kappa shape index (κ3) is 4.50. The van der Waals surface area contributed by atoms with Crippen molar-refractivity contribution < 1.29 is 38.6 Å². The van der Waals surface area contributed by atoms with Gasteiger partial charge in [-0.3, -0.25) is 23.7 Å². The van der Waals surface area contributed by atoms with Gasteiger partial charge in [0.05, 0.1) is 5.69 Å². The number of aromatic nitrogens is 1. The molecule has 23 heavy (non-hydrogen) atoms. The summed E-state index contributed by atoms with van der Waals surface area (Å²) in [6, 6.07) is 2.73. The molecule has 0 radical (unpaired) electrons. The standard InChI is InChI=1S/C14H15NO8/c1-7(16)10-5-4-6-15(10)13(19)11(22-8(2)17)12(14(20)21)23-9(3)18/h4-6,11-12H,1-3H3,(H,20,21). The summed E-state index contributed by atoms with van der Waals surface area (Å²) in [5.74, 6) is -5.07. The Morgan fingerprint density at radius 1 is 1.00 bits per heavy atom. The fourth-order valence-corrected chi connectivity index (χ4v) is 1.84. The number of hydrogen-bond donors (Lipinski definition) is 1. The Morgan fingerprint density at radius 2 is 1.52 bits per heavy atom. The molecule has 1 rings (SSSR count). The van der Waals surface area contributed by atoms with Gasteiger partial charge in [-0.25, -0.2) is 4.79 Å². The van der Waals surface area contributed by atoms with E-state index in [0.29, 0.717) is 0 Å². The second kappa shape index (κ2) is 7.34. The first-order chi connectivity index (χ1) is 10.6. The van der Waals surface area contributed by atoms with Gasteiger partial charge in [-0.2, -0.15) is 0 Å². The zero-order valence-electron chi connectivity index (χ0n) is 12.6. The molecule has 1 heterocycles. The summed E-state index contributed by atoms with van der Waals surface area (Å²) in [6.45, 7) is 3.12. The summed E-state index contributed by atoms with van der Waals surface area (Å²) >= 11 is 0. The van der Waals surface area contributed by atoms with Gasteiger partial charge in [0.15, 0.2) is 5.78 Å².